The summed E-state index contributed by atoms with van der Waals surface area (Å²) in [6.45, 7) is 8.56. The fourth-order valence-electron chi connectivity index (χ4n) is 5.88. The van der Waals surface area contributed by atoms with Gasteiger partial charge in [-0.05, 0) is 54.3 Å². The lowest BCUT2D eigenvalue weighted by Gasteiger charge is -2.37. The largest absolute Gasteiger partial charge is 0.341 e. The zero-order chi connectivity index (χ0) is 26.0. The molecule has 202 valence electrons. The third-order valence-corrected chi connectivity index (χ3v) is 9.08. The lowest BCUT2D eigenvalue weighted by molar-refractivity contribution is -0.134. The number of rotatable bonds is 11. The Kier molecular flexibility index (Phi) is 10.6. The molecule has 1 fully saturated rings. The average molecular weight is 524 g/mol. The molecule has 2 aliphatic heterocycles. The van der Waals surface area contributed by atoms with Crippen LogP contribution in [0.4, 0.5) is 0 Å². The second kappa shape index (κ2) is 14.1. The van der Waals surface area contributed by atoms with E-state index in [1.54, 1.807) is 0 Å². The van der Waals surface area contributed by atoms with Crippen LogP contribution in [-0.2, 0) is 16.0 Å². The molecule has 0 saturated carbocycles. The van der Waals surface area contributed by atoms with Gasteiger partial charge in [0, 0.05) is 44.0 Å². The van der Waals surface area contributed by atoms with Gasteiger partial charge in [0.1, 0.15) is 0 Å². The number of carbonyl (C=O) groups excluding carboxylic acids is 2. The maximum atomic E-state index is 13.5. The van der Waals surface area contributed by atoms with Crippen LogP contribution in [-0.4, -0.2) is 65.8 Å². The van der Waals surface area contributed by atoms with Gasteiger partial charge < -0.3 is 9.80 Å². The lowest BCUT2D eigenvalue weighted by atomic mass is 9.90. The fourth-order valence-corrected chi connectivity index (χ4v) is 6.78. The summed E-state index contributed by atoms with van der Waals surface area (Å²) < 4.78 is 0. The number of benzene rings is 1. The summed E-state index contributed by atoms with van der Waals surface area (Å²) in [5, 5.41) is 2.19. The molecule has 1 unspecified atom stereocenters. The summed E-state index contributed by atoms with van der Waals surface area (Å²) in [5.41, 5.74) is 3.93. The van der Waals surface area contributed by atoms with E-state index in [0.29, 0.717) is 26.1 Å². The van der Waals surface area contributed by atoms with Gasteiger partial charge in [0.15, 0.2) is 0 Å². The lowest BCUT2D eigenvalue weighted by Crippen LogP contribution is -2.45. The Morgan fingerprint density at radius 3 is 2.30 bits per heavy atom. The van der Waals surface area contributed by atoms with Gasteiger partial charge in [0.25, 0.3) is 0 Å². The summed E-state index contributed by atoms with van der Waals surface area (Å²) in [6, 6.07) is 11.0. The number of carbonyl (C=O) groups is 2. The summed E-state index contributed by atoms with van der Waals surface area (Å²) in [5.74, 6) is 0.460. The number of fused-ring (bicyclic) bond motifs is 1. The summed E-state index contributed by atoms with van der Waals surface area (Å²) >= 11 is 1.84. The minimum absolute atomic E-state index is 0.132. The Morgan fingerprint density at radius 2 is 1.54 bits per heavy atom. The van der Waals surface area contributed by atoms with Crippen molar-refractivity contribution in [2.24, 2.45) is 0 Å². The molecule has 1 aromatic heterocycles. The molecule has 4 rings (SSSR count). The van der Waals surface area contributed by atoms with Crippen LogP contribution >= 0.6 is 11.3 Å². The van der Waals surface area contributed by atoms with Crippen LogP contribution in [0.1, 0.15) is 92.3 Å². The molecule has 5 nitrogen and oxygen atoms in total. The third kappa shape index (κ3) is 7.44. The molecule has 2 aliphatic rings. The molecular weight excluding hydrogens is 478 g/mol. The van der Waals surface area contributed by atoms with Crippen molar-refractivity contribution in [3.8, 4) is 0 Å². The topological polar surface area (TPSA) is 43.9 Å². The molecular formula is C31H45N3O2S. The van der Waals surface area contributed by atoms with Crippen LogP contribution in [0.25, 0.3) is 0 Å². The highest BCUT2D eigenvalue weighted by Crippen LogP contribution is 2.38. The van der Waals surface area contributed by atoms with E-state index < -0.39 is 0 Å². The molecule has 0 N–H and O–H groups in total. The molecule has 1 aromatic carbocycles. The number of hydrogen-bond acceptors (Lipinski definition) is 4. The number of aryl methyl sites for hydroxylation is 1. The Labute approximate surface area is 227 Å². The summed E-state index contributed by atoms with van der Waals surface area (Å²) in [6.07, 6.45) is 11.1. The normalized spacial score (nSPS) is 18.5. The first-order chi connectivity index (χ1) is 18.1. The van der Waals surface area contributed by atoms with Crippen molar-refractivity contribution in [3.63, 3.8) is 0 Å². The van der Waals surface area contributed by atoms with E-state index in [2.05, 4.69) is 54.5 Å². The molecule has 6 heteroatoms. The van der Waals surface area contributed by atoms with E-state index in [1.165, 1.54) is 53.7 Å². The molecule has 0 radical (unpaired) electrons. The Hall–Kier alpha value is -2.18. The Morgan fingerprint density at radius 1 is 0.838 bits per heavy atom. The van der Waals surface area contributed by atoms with Crippen molar-refractivity contribution in [1.29, 1.82) is 0 Å². The van der Waals surface area contributed by atoms with Crippen LogP contribution in [0.5, 0.6) is 0 Å². The van der Waals surface area contributed by atoms with E-state index in [-0.39, 0.29) is 17.9 Å². The van der Waals surface area contributed by atoms with Crippen molar-refractivity contribution in [3.05, 3.63) is 57.3 Å². The van der Waals surface area contributed by atoms with E-state index in [9.17, 15) is 9.59 Å². The standard InChI is InChI=1S/C31H45N3O2S/c1-3-4-5-6-7-8-9-15-29(35)32-18-12-19-33(22-21-32)30(36)24-34-20-16-28-27(17-23-37-28)31(34)26-14-11-10-13-25(26)2/h10-11,13-14,17,23,31H,3-9,12,15-16,18-22,24H2,1-2H3. The number of nitrogens with zero attached hydrogens (tertiary/aromatic N) is 3. The van der Waals surface area contributed by atoms with Crippen LogP contribution in [0.2, 0.25) is 0 Å². The second-order valence-electron chi connectivity index (χ2n) is 10.8. The molecule has 3 heterocycles. The van der Waals surface area contributed by atoms with E-state index in [0.717, 1.165) is 45.3 Å². The molecule has 37 heavy (non-hydrogen) atoms. The first-order valence-electron chi connectivity index (χ1n) is 14.5. The molecule has 0 spiro atoms. The minimum atomic E-state index is 0.132. The van der Waals surface area contributed by atoms with Gasteiger partial charge >= 0.3 is 0 Å². The number of hydrogen-bond donors (Lipinski definition) is 0. The van der Waals surface area contributed by atoms with Crippen molar-refractivity contribution < 1.29 is 9.59 Å². The molecule has 1 saturated heterocycles. The van der Waals surface area contributed by atoms with Gasteiger partial charge in [-0.15, -0.1) is 11.3 Å². The van der Waals surface area contributed by atoms with Gasteiger partial charge in [0.05, 0.1) is 12.6 Å². The molecule has 0 bridgehead atoms. The smallest absolute Gasteiger partial charge is 0.236 e. The second-order valence-corrected chi connectivity index (χ2v) is 11.8. The molecule has 1 atom stereocenters. The SMILES string of the molecule is CCCCCCCCCC(=O)N1CCCN(C(=O)CN2CCc3sccc3C2c2ccccc2C)CC1. The van der Waals surface area contributed by atoms with Gasteiger partial charge in [0.2, 0.25) is 11.8 Å². The van der Waals surface area contributed by atoms with E-state index in [4.69, 9.17) is 0 Å². The average Bonchev–Trinajstić information content (AvgIpc) is 3.24. The number of thiophene rings is 1. The minimum Gasteiger partial charge on any atom is -0.341 e. The Bertz CT molecular complexity index is 1020. The van der Waals surface area contributed by atoms with Crippen molar-refractivity contribution in [2.45, 2.75) is 84.1 Å². The number of amides is 2. The monoisotopic (exact) mass is 523 g/mol. The maximum absolute atomic E-state index is 13.5. The zero-order valence-electron chi connectivity index (χ0n) is 22.9. The third-order valence-electron chi connectivity index (χ3n) is 8.08. The molecule has 2 aromatic rings. The van der Waals surface area contributed by atoms with Crippen molar-refractivity contribution >= 4 is 23.2 Å². The van der Waals surface area contributed by atoms with E-state index >= 15 is 0 Å². The quantitative estimate of drug-likeness (QED) is 0.329. The fraction of sp³-hybridized carbons (Fsp3) is 0.613. The maximum Gasteiger partial charge on any atom is 0.236 e. The van der Waals surface area contributed by atoms with Crippen LogP contribution in [0.3, 0.4) is 0 Å². The first kappa shape index (κ1) is 27.8. The van der Waals surface area contributed by atoms with Gasteiger partial charge in [-0.2, -0.15) is 0 Å². The predicted molar refractivity (Wildman–Crippen MR) is 153 cm³/mol. The highest BCUT2D eigenvalue weighted by Gasteiger charge is 2.33. The zero-order valence-corrected chi connectivity index (χ0v) is 23.7. The molecule has 0 aliphatic carbocycles. The summed E-state index contributed by atoms with van der Waals surface area (Å²) in [4.78, 5) is 34.1. The summed E-state index contributed by atoms with van der Waals surface area (Å²) in [7, 11) is 0. The van der Waals surface area contributed by atoms with Crippen LogP contribution in [0, 0.1) is 6.92 Å². The van der Waals surface area contributed by atoms with Gasteiger partial charge in [-0.1, -0.05) is 69.7 Å². The highest BCUT2D eigenvalue weighted by atomic mass is 32.1. The van der Waals surface area contributed by atoms with Gasteiger partial charge in [-0.3, -0.25) is 14.5 Å². The van der Waals surface area contributed by atoms with Crippen LogP contribution in [0.15, 0.2) is 35.7 Å². The first-order valence-corrected chi connectivity index (χ1v) is 15.4. The van der Waals surface area contributed by atoms with Gasteiger partial charge in [-0.25, -0.2) is 0 Å². The predicted octanol–water partition coefficient (Wildman–Crippen LogP) is 6.21. The van der Waals surface area contributed by atoms with E-state index in [1.807, 2.05) is 21.1 Å². The number of unbranched alkanes of at least 4 members (excludes halogenated alkanes) is 6. The molecule has 2 amide bonds. The van der Waals surface area contributed by atoms with Crippen molar-refractivity contribution in [2.75, 3.05) is 39.3 Å². The highest BCUT2D eigenvalue weighted by molar-refractivity contribution is 7.10. The van der Waals surface area contributed by atoms with Crippen LogP contribution < -0.4 is 0 Å². The Balaban J connectivity index is 1.30. The van der Waals surface area contributed by atoms with Crippen molar-refractivity contribution in [1.82, 2.24) is 14.7 Å².